The SMILES string of the molecule is CC(=O)O[C@@H]1[C@@H](O)CN[C@@H]1Cc1ccc(OCC(=O)N[C@@H](CCC(N)=O)C(=O)O)cc1.Cl. The van der Waals surface area contributed by atoms with Gasteiger partial charge in [-0.2, -0.15) is 0 Å². The standard InChI is InChI=1S/C20H27N3O8.ClH/c1-11(24)31-19-15(22-9-16(19)25)8-12-2-4-13(5-3-12)30-10-18(27)23-14(20(28)29)6-7-17(21)26;/h2-5,14-16,19,22,25H,6-10H2,1H3,(H2,21,26)(H,23,27)(H,28,29);1H/t14-,15+,16-,19-;/m0./s1. The molecule has 0 aliphatic carbocycles. The highest BCUT2D eigenvalue weighted by atomic mass is 35.5. The molecule has 2 rings (SSSR count). The molecular formula is C20H28ClN3O8. The number of rotatable bonds is 11. The molecular weight excluding hydrogens is 446 g/mol. The van der Waals surface area contributed by atoms with Crippen molar-refractivity contribution in [1.82, 2.24) is 10.6 Å². The Kier molecular flexibility index (Phi) is 10.9. The number of ether oxygens (including phenoxy) is 2. The number of primary amides is 1. The minimum absolute atomic E-state index is 0. The predicted molar refractivity (Wildman–Crippen MR) is 114 cm³/mol. The highest BCUT2D eigenvalue weighted by Gasteiger charge is 2.37. The van der Waals surface area contributed by atoms with E-state index in [2.05, 4.69) is 10.6 Å². The number of carbonyl (C=O) groups is 4. The zero-order valence-electron chi connectivity index (χ0n) is 17.5. The van der Waals surface area contributed by atoms with Crippen LogP contribution in [-0.2, 0) is 30.3 Å². The molecule has 1 aliphatic heterocycles. The molecule has 0 aromatic heterocycles. The van der Waals surface area contributed by atoms with E-state index >= 15 is 0 Å². The first kappa shape index (κ1) is 27.1. The van der Waals surface area contributed by atoms with Crippen LogP contribution in [0.3, 0.4) is 0 Å². The van der Waals surface area contributed by atoms with Crippen LogP contribution in [0.1, 0.15) is 25.3 Å². The lowest BCUT2D eigenvalue weighted by atomic mass is 10.0. The van der Waals surface area contributed by atoms with Gasteiger partial charge in [-0.3, -0.25) is 14.4 Å². The molecule has 0 radical (unpaired) electrons. The summed E-state index contributed by atoms with van der Waals surface area (Å²) in [5.74, 6) is -2.62. The van der Waals surface area contributed by atoms with Crippen molar-refractivity contribution in [2.45, 2.75) is 50.5 Å². The lowest BCUT2D eigenvalue weighted by molar-refractivity contribution is -0.151. The van der Waals surface area contributed by atoms with Crippen LogP contribution in [0.5, 0.6) is 5.75 Å². The number of hydrogen-bond donors (Lipinski definition) is 5. The van der Waals surface area contributed by atoms with Crippen molar-refractivity contribution in [3.05, 3.63) is 29.8 Å². The summed E-state index contributed by atoms with van der Waals surface area (Å²) in [5, 5.41) is 24.5. The second-order valence-electron chi connectivity index (χ2n) is 7.26. The van der Waals surface area contributed by atoms with Crippen LogP contribution in [0.15, 0.2) is 24.3 Å². The number of nitrogens with one attached hydrogen (secondary N) is 2. The molecule has 0 bridgehead atoms. The number of nitrogens with two attached hydrogens (primary N) is 1. The number of benzene rings is 1. The molecule has 178 valence electrons. The molecule has 1 aliphatic rings. The number of aliphatic carboxylic acids is 1. The number of carboxylic acid groups (broad SMARTS) is 1. The summed E-state index contributed by atoms with van der Waals surface area (Å²) in [7, 11) is 0. The number of β-amino-alcohol motifs (C(OH)–C–C–N with tert-alkyl or cyclic N) is 1. The van der Waals surface area contributed by atoms with E-state index in [1.807, 2.05) is 0 Å². The van der Waals surface area contributed by atoms with Crippen molar-refractivity contribution >= 4 is 36.2 Å². The first-order valence-corrected chi connectivity index (χ1v) is 9.76. The number of esters is 1. The van der Waals surface area contributed by atoms with E-state index < -0.39 is 48.6 Å². The van der Waals surface area contributed by atoms with Gasteiger partial charge in [0.15, 0.2) is 6.61 Å². The van der Waals surface area contributed by atoms with E-state index in [1.165, 1.54) is 6.92 Å². The number of aliphatic hydroxyl groups is 1. The number of halogens is 1. The van der Waals surface area contributed by atoms with E-state index in [4.69, 9.17) is 20.3 Å². The summed E-state index contributed by atoms with van der Waals surface area (Å²) in [4.78, 5) is 45.1. The van der Waals surface area contributed by atoms with E-state index in [9.17, 15) is 24.3 Å². The lowest BCUT2D eigenvalue weighted by Gasteiger charge is -2.21. The van der Waals surface area contributed by atoms with Crippen LogP contribution in [0, 0.1) is 0 Å². The van der Waals surface area contributed by atoms with Crippen LogP contribution in [-0.4, -0.2) is 71.4 Å². The Balaban J connectivity index is 0.00000512. The van der Waals surface area contributed by atoms with E-state index in [-0.39, 0.29) is 31.3 Å². The van der Waals surface area contributed by atoms with Crippen LogP contribution >= 0.6 is 12.4 Å². The van der Waals surface area contributed by atoms with Gasteiger partial charge in [-0.25, -0.2) is 4.79 Å². The highest BCUT2D eigenvalue weighted by Crippen LogP contribution is 2.19. The zero-order valence-corrected chi connectivity index (χ0v) is 18.3. The Hall–Kier alpha value is -2.89. The smallest absolute Gasteiger partial charge is 0.326 e. The fourth-order valence-corrected chi connectivity index (χ4v) is 3.22. The molecule has 11 nitrogen and oxygen atoms in total. The average molecular weight is 474 g/mol. The Bertz CT molecular complexity index is 805. The van der Waals surface area contributed by atoms with E-state index in [1.54, 1.807) is 24.3 Å². The highest BCUT2D eigenvalue weighted by molar-refractivity contribution is 5.85. The molecule has 0 spiro atoms. The Morgan fingerprint density at radius 2 is 1.91 bits per heavy atom. The molecule has 6 N–H and O–H groups in total. The Morgan fingerprint density at radius 1 is 1.25 bits per heavy atom. The van der Waals surface area contributed by atoms with Crippen molar-refractivity contribution in [2.75, 3.05) is 13.2 Å². The van der Waals surface area contributed by atoms with E-state index in [0.717, 1.165) is 5.56 Å². The summed E-state index contributed by atoms with van der Waals surface area (Å²) >= 11 is 0. The minimum atomic E-state index is -1.27. The minimum Gasteiger partial charge on any atom is -0.484 e. The summed E-state index contributed by atoms with van der Waals surface area (Å²) in [6.45, 7) is 1.22. The molecule has 32 heavy (non-hydrogen) atoms. The molecule has 0 unspecified atom stereocenters. The lowest BCUT2D eigenvalue weighted by Crippen LogP contribution is -2.43. The molecule has 4 atom stereocenters. The van der Waals surface area contributed by atoms with Crippen molar-refractivity contribution in [1.29, 1.82) is 0 Å². The fourth-order valence-electron chi connectivity index (χ4n) is 3.22. The summed E-state index contributed by atoms with van der Waals surface area (Å²) < 4.78 is 10.6. The topological polar surface area (TPSA) is 177 Å². The molecule has 0 saturated carbocycles. The summed E-state index contributed by atoms with van der Waals surface area (Å²) in [6.07, 6.45) is -1.16. The molecule has 1 saturated heterocycles. The molecule has 1 fully saturated rings. The van der Waals surface area contributed by atoms with Crippen molar-refractivity contribution in [3.63, 3.8) is 0 Å². The largest absolute Gasteiger partial charge is 0.484 e. The van der Waals surface area contributed by atoms with Gasteiger partial charge in [0, 0.05) is 19.9 Å². The molecule has 1 aromatic rings. The van der Waals surface area contributed by atoms with Gasteiger partial charge in [-0.15, -0.1) is 12.4 Å². The molecule has 2 amide bonds. The third-order valence-electron chi connectivity index (χ3n) is 4.73. The summed E-state index contributed by atoms with van der Waals surface area (Å²) in [6, 6.07) is 5.39. The normalized spacial score (nSPS) is 20.5. The zero-order chi connectivity index (χ0) is 23.0. The third kappa shape index (κ3) is 8.69. The monoisotopic (exact) mass is 473 g/mol. The third-order valence-corrected chi connectivity index (χ3v) is 4.73. The number of amides is 2. The quantitative estimate of drug-likeness (QED) is 0.255. The van der Waals surface area contributed by atoms with Crippen LogP contribution in [0.25, 0.3) is 0 Å². The first-order chi connectivity index (χ1) is 14.7. The maximum absolute atomic E-state index is 11.9. The van der Waals surface area contributed by atoms with Gasteiger partial charge in [0.1, 0.15) is 24.0 Å². The van der Waals surface area contributed by atoms with Gasteiger partial charge in [0.25, 0.3) is 5.91 Å². The maximum atomic E-state index is 11.9. The fraction of sp³-hybridized carbons (Fsp3) is 0.500. The van der Waals surface area contributed by atoms with Crippen LogP contribution in [0.4, 0.5) is 0 Å². The van der Waals surface area contributed by atoms with Crippen molar-refractivity contribution in [2.24, 2.45) is 5.73 Å². The second-order valence-corrected chi connectivity index (χ2v) is 7.26. The van der Waals surface area contributed by atoms with Gasteiger partial charge < -0.3 is 36.1 Å². The van der Waals surface area contributed by atoms with Gasteiger partial charge in [0.2, 0.25) is 5.91 Å². The molecule has 12 heteroatoms. The van der Waals surface area contributed by atoms with Crippen LogP contribution in [0.2, 0.25) is 0 Å². The second kappa shape index (κ2) is 12.8. The number of aliphatic hydroxyl groups excluding tert-OH is 1. The predicted octanol–water partition coefficient (Wildman–Crippen LogP) is -0.871. The van der Waals surface area contributed by atoms with Crippen LogP contribution < -0.4 is 21.1 Å². The maximum Gasteiger partial charge on any atom is 0.326 e. The molecule has 1 aromatic carbocycles. The van der Waals surface area contributed by atoms with Crippen molar-refractivity contribution in [3.8, 4) is 5.75 Å². The summed E-state index contributed by atoms with van der Waals surface area (Å²) in [5.41, 5.74) is 5.90. The Morgan fingerprint density at radius 3 is 2.47 bits per heavy atom. The number of hydrogen-bond acceptors (Lipinski definition) is 8. The van der Waals surface area contributed by atoms with Gasteiger partial charge >= 0.3 is 11.9 Å². The van der Waals surface area contributed by atoms with Gasteiger partial charge in [-0.1, -0.05) is 12.1 Å². The van der Waals surface area contributed by atoms with Crippen molar-refractivity contribution < 1.29 is 38.9 Å². The van der Waals surface area contributed by atoms with Gasteiger partial charge in [-0.05, 0) is 30.5 Å². The van der Waals surface area contributed by atoms with Gasteiger partial charge in [0.05, 0.1) is 6.04 Å². The average Bonchev–Trinajstić information content (AvgIpc) is 3.03. The Labute approximate surface area is 191 Å². The van der Waals surface area contributed by atoms with E-state index in [0.29, 0.717) is 18.7 Å². The number of carboxylic acids is 1. The molecule has 1 heterocycles. The number of carbonyl (C=O) groups excluding carboxylic acids is 3. The first-order valence-electron chi connectivity index (χ1n) is 9.76.